The Morgan fingerprint density at radius 1 is 1.22 bits per heavy atom. The Morgan fingerprint density at radius 2 is 1.33 bits per heavy atom. The van der Waals surface area contributed by atoms with Crippen LogP contribution in [-0.4, -0.2) is 73.5 Å². The molecule has 0 unspecified atom stereocenters. The third-order valence-corrected chi connectivity index (χ3v) is 0.0823. The number of carboxylic acid groups (broad SMARTS) is 2. The van der Waals surface area contributed by atoms with E-state index in [9.17, 15) is 0 Å². The van der Waals surface area contributed by atoms with Crippen LogP contribution < -0.4 is 15.5 Å². The van der Waals surface area contributed by atoms with Crippen molar-refractivity contribution in [3.8, 4) is 0 Å². The van der Waals surface area contributed by atoms with E-state index in [2.05, 4.69) is 9.78 Å². The molecular formula is C5H19Na2O10S-. The van der Waals surface area contributed by atoms with Crippen LogP contribution in [0, 0.1) is 0 Å². The van der Waals surface area contributed by atoms with Crippen LogP contribution in [0.2, 0.25) is 0 Å². The second-order valence-corrected chi connectivity index (χ2v) is 0.644. The van der Waals surface area contributed by atoms with Crippen molar-refractivity contribution in [1.29, 1.82) is 0 Å². The van der Waals surface area contributed by atoms with Crippen molar-refractivity contribution in [2.75, 3.05) is 0 Å². The van der Waals surface area contributed by atoms with E-state index in [0.29, 0.717) is 0 Å². The molecule has 0 aromatic rings. The summed E-state index contributed by atoms with van der Waals surface area (Å²) < 4.78 is 0. The fourth-order valence-electron chi connectivity index (χ4n) is 0. The van der Waals surface area contributed by atoms with E-state index in [-0.39, 0.29) is 51.0 Å². The molecule has 3 N–H and O–H groups in total. The van der Waals surface area contributed by atoms with E-state index in [1.54, 1.807) is 0 Å². The van der Waals surface area contributed by atoms with Crippen LogP contribution in [0.4, 0.5) is 4.79 Å². The number of carbonyl (C=O) groups excluding carboxylic acids is 3. The second-order valence-electron chi connectivity index (χ2n) is 0.644. The van der Waals surface area contributed by atoms with Gasteiger partial charge in [-0.25, -0.2) is 5.26 Å². The molecule has 108 valence electrons. The molecule has 0 saturated carbocycles. The van der Waals surface area contributed by atoms with E-state index in [4.69, 9.17) is 35.1 Å². The first-order valence-corrected chi connectivity index (χ1v) is 10.9. The summed E-state index contributed by atoms with van der Waals surface area (Å²) in [6.45, 7) is -0.250. The van der Waals surface area contributed by atoms with Gasteiger partial charge in [0.2, 0.25) is 0 Å². The van der Waals surface area contributed by atoms with E-state index < -0.39 is 6.16 Å². The molecule has 0 amide bonds. The summed E-state index contributed by atoms with van der Waals surface area (Å²) in [6.07, 6.45) is -2.33. The Morgan fingerprint density at radius 3 is 1.33 bits per heavy atom. The SMILES string of the molecule is C.C.O.O=C([O-])[O-].O=COO.O=CO[O-].S.[H+].[H+].[HH].[Na][Na]. The van der Waals surface area contributed by atoms with E-state index in [0.717, 1.165) is 0 Å². The molecule has 18 heavy (non-hydrogen) atoms. The number of carbonyl (C=O) groups is 3. The van der Waals surface area contributed by atoms with Gasteiger partial charge >= 0.3 is 52.9 Å². The van der Waals surface area contributed by atoms with Crippen molar-refractivity contribution in [2.45, 2.75) is 14.9 Å². The first-order valence-electron chi connectivity index (χ1n) is 2.90. The van der Waals surface area contributed by atoms with Crippen molar-refractivity contribution in [2.24, 2.45) is 0 Å². The van der Waals surface area contributed by atoms with Gasteiger partial charge < -0.3 is 35.5 Å². The minimum absolute atomic E-state index is 0. The van der Waals surface area contributed by atoms with Crippen molar-refractivity contribution in [3.63, 3.8) is 0 Å². The summed E-state index contributed by atoms with van der Waals surface area (Å²) in [6, 6.07) is 0. The minimum atomic E-state index is -2.33. The number of hydrogen-bond acceptors (Lipinski definition) is 9. The van der Waals surface area contributed by atoms with Crippen LogP contribution >= 0.6 is 13.5 Å². The predicted molar refractivity (Wildman–Crippen MR) is 65.6 cm³/mol. The summed E-state index contributed by atoms with van der Waals surface area (Å²) in [7, 11) is 0. The molecule has 13 heteroatoms. The van der Waals surface area contributed by atoms with Gasteiger partial charge in [-0.3, -0.25) is 9.59 Å². The molecule has 0 fully saturated rings. The quantitative estimate of drug-likeness (QED) is 0.228. The normalized spacial score (nSPS) is 4.11. The topological polar surface area (TPSA) is 191 Å². The van der Waals surface area contributed by atoms with Gasteiger partial charge in [0.15, 0.2) is 0 Å². The van der Waals surface area contributed by atoms with Crippen molar-refractivity contribution < 1.29 is 54.6 Å². The zero-order chi connectivity index (χ0) is 12.4. The Hall–Kier alpha value is 0.440. The van der Waals surface area contributed by atoms with Crippen LogP contribution in [0.3, 0.4) is 0 Å². The van der Waals surface area contributed by atoms with E-state index in [1.165, 1.54) is 43.6 Å². The van der Waals surface area contributed by atoms with Gasteiger partial charge in [-0.15, -0.1) is 0 Å². The zero-order valence-electron chi connectivity index (χ0n) is 10.4. The van der Waals surface area contributed by atoms with Gasteiger partial charge in [-0.2, -0.15) is 13.5 Å². The summed E-state index contributed by atoms with van der Waals surface area (Å²) in [5.41, 5.74) is 0. The molecule has 0 bridgehead atoms. The van der Waals surface area contributed by atoms with Crippen LogP contribution in [-0.2, 0) is 19.4 Å². The maximum absolute atomic E-state index is 8.70. The Labute approximate surface area is 144 Å². The molecule has 0 aliphatic rings. The fraction of sp³-hybridized carbons (Fsp3) is 0.400. The maximum atomic E-state index is 8.70. The van der Waals surface area contributed by atoms with E-state index in [1.807, 2.05) is 0 Å². The van der Waals surface area contributed by atoms with Gasteiger partial charge in [-0.05, 0) is 6.16 Å². The average molecular weight is 317 g/mol. The predicted octanol–water partition coefficient (Wildman–Crippen LogP) is -4.11. The molecule has 0 aromatic heterocycles. The third-order valence-electron chi connectivity index (χ3n) is 0.0823. The summed E-state index contributed by atoms with van der Waals surface area (Å²) in [5.74, 6) is 0. The molecule has 0 saturated heterocycles. The van der Waals surface area contributed by atoms with E-state index >= 15 is 0 Å². The van der Waals surface area contributed by atoms with Crippen molar-refractivity contribution >= 4 is 76.2 Å². The van der Waals surface area contributed by atoms with Gasteiger partial charge in [-0.1, -0.05) is 14.9 Å². The first kappa shape index (κ1) is 51.5. The molecule has 0 radical (unpaired) electrons. The van der Waals surface area contributed by atoms with Gasteiger partial charge in [0.05, 0.1) is 0 Å². The second kappa shape index (κ2) is 85.2. The molecule has 0 heterocycles. The van der Waals surface area contributed by atoms with Crippen LogP contribution in [0.5, 0.6) is 0 Å². The zero-order valence-corrected chi connectivity index (χ0v) is 13.4. The molecule has 0 atom stereocenters. The van der Waals surface area contributed by atoms with Crippen LogP contribution in [0.15, 0.2) is 0 Å². The number of hydrogen-bond donors (Lipinski definition) is 1. The van der Waals surface area contributed by atoms with Gasteiger partial charge in [0.1, 0.15) is 0 Å². The average Bonchev–Trinajstić information content (AvgIpc) is 2.20. The van der Waals surface area contributed by atoms with Crippen LogP contribution in [0.25, 0.3) is 0 Å². The molecule has 0 rings (SSSR count). The summed E-state index contributed by atoms with van der Waals surface area (Å²) in [5, 5.41) is 32.1. The Balaban J connectivity index is -0.00000000647. The molecule has 0 aliphatic heterocycles. The van der Waals surface area contributed by atoms with Gasteiger partial charge in [0.25, 0.3) is 6.47 Å². The van der Waals surface area contributed by atoms with Crippen molar-refractivity contribution in [3.05, 3.63) is 0 Å². The molecular weight excluding hydrogens is 298 g/mol. The van der Waals surface area contributed by atoms with Gasteiger partial charge in [0, 0.05) is 1.43 Å². The standard InChI is InChI=1S/3CH2O3.2CH4.2Na.H2O.H2S.H2/c2*2-1-4-3;2-1(3)4;;;;;;;/h2*1,3H;(H2,2,3,4);2*1H4;;;2*1H2;1H/p-1. The summed E-state index contributed by atoms with van der Waals surface area (Å²) >= 11 is 2.89. The number of rotatable bonds is 2. The van der Waals surface area contributed by atoms with Crippen LogP contribution in [0.1, 0.15) is 19.1 Å². The summed E-state index contributed by atoms with van der Waals surface area (Å²) in [4.78, 5) is 31.1. The molecule has 0 aromatic carbocycles. The first-order chi connectivity index (χ1) is 6.56. The Kier molecular flexibility index (Phi) is 243. The van der Waals surface area contributed by atoms with Crippen molar-refractivity contribution in [1.82, 2.24) is 0 Å². The molecule has 0 aliphatic carbocycles. The third kappa shape index (κ3) is 658. The Bertz CT molecular complexity index is 127. The monoisotopic (exact) mass is 317 g/mol. The molecule has 10 nitrogen and oxygen atoms in total. The molecule has 0 spiro atoms. The fourth-order valence-corrected chi connectivity index (χ4v) is 0.